The number of hydrogen-bond donors (Lipinski definition) is 0. The quantitative estimate of drug-likeness (QED) is 0.192. The molecule has 0 spiro atoms. The van der Waals surface area contributed by atoms with Gasteiger partial charge in [0.2, 0.25) is 0 Å². The van der Waals surface area contributed by atoms with Gasteiger partial charge in [-0.1, -0.05) is 0 Å². The van der Waals surface area contributed by atoms with Crippen molar-refractivity contribution in [2.45, 2.75) is 48.9 Å². The fraction of sp³-hybridized carbons (Fsp3) is 0.216. The van der Waals surface area contributed by atoms with Crippen LogP contribution in [0.25, 0.3) is 34.4 Å². The van der Waals surface area contributed by atoms with Gasteiger partial charge < -0.3 is 0 Å². The molecule has 0 saturated heterocycles. The van der Waals surface area contributed by atoms with Crippen molar-refractivity contribution in [2.75, 3.05) is 0 Å². The van der Waals surface area contributed by atoms with E-state index in [2.05, 4.69) is 139 Å². The van der Waals surface area contributed by atoms with Gasteiger partial charge in [-0.25, -0.2) is 0 Å². The van der Waals surface area contributed by atoms with Crippen molar-refractivity contribution < 1.29 is 21.0 Å². The summed E-state index contributed by atoms with van der Waals surface area (Å²) >= 11 is -2.39. The second-order valence-electron chi connectivity index (χ2n) is 11.4. The molecule has 0 N–H and O–H groups in total. The Bertz CT molecular complexity index is 1550. The van der Waals surface area contributed by atoms with E-state index in [9.17, 15) is 0 Å². The first-order valence-corrected chi connectivity index (χ1v) is 19.7. The van der Waals surface area contributed by atoms with Gasteiger partial charge in [-0.2, -0.15) is 0 Å². The van der Waals surface area contributed by atoms with Crippen LogP contribution in [0.5, 0.6) is 0 Å². The van der Waals surface area contributed by atoms with Crippen molar-refractivity contribution in [3.8, 4) is 22.3 Å². The Hall–Kier alpha value is -2.90. The van der Waals surface area contributed by atoms with Gasteiger partial charge in [0.15, 0.2) is 0 Å². The summed E-state index contributed by atoms with van der Waals surface area (Å²) in [6.45, 7) is 13.7. The molecule has 6 rings (SSSR count). The molecule has 0 nitrogen and oxygen atoms in total. The molecule has 2 aliphatic carbocycles. The van der Waals surface area contributed by atoms with Crippen LogP contribution in [0.15, 0.2) is 84.9 Å². The van der Waals surface area contributed by atoms with E-state index in [1.54, 1.807) is 14.4 Å². The molecule has 4 aromatic carbocycles. The van der Waals surface area contributed by atoms with Crippen LogP contribution >= 0.6 is 0 Å². The third kappa shape index (κ3) is 4.30. The molecule has 0 aromatic heterocycles. The molecule has 0 radical (unpaired) electrons. The average Bonchev–Trinajstić information content (AvgIpc) is 3.52. The molecule has 0 bridgehead atoms. The van der Waals surface area contributed by atoms with E-state index in [1.807, 2.05) is 0 Å². The first-order chi connectivity index (χ1) is 18.3. The van der Waals surface area contributed by atoms with Gasteiger partial charge in [-0.3, -0.25) is 0 Å². The van der Waals surface area contributed by atoms with E-state index in [-0.39, 0.29) is 0 Å². The molecular weight excluding hydrogens is 623 g/mol. The first-order valence-electron chi connectivity index (χ1n) is 13.8. The van der Waals surface area contributed by atoms with E-state index >= 15 is 0 Å². The summed E-state index contributed by atoms with van der Waals surface area (Å²) in [6, 6.07) is 27.7. The summed E-state index contributed by atoms with van der Waals surface area (Å²) in [5.41, 5.74) is 16.9. The van der Waals surface area contributed by atoms with Crippen LogP contribution in [-0.4, -0.2) is 3.26 Å². The van der Waals surface area contributed by atoms with Gasteiger partial charge in [0.25, 0.3) is 0 Å². The molecule has 188 valence electrons. The van der Waals surface area contributed by atoms with E-state index in [4.69, 9.17) is 0 Å². The predicted molar refractivity (Wildman–Crippen MR) is 163 cm³/mol. The zero-order valence-corrected chi connectivity index (χ0v) is 27.0. The Kier molecular flexibility index (Phi) is 6.68. The molecule has 2 aliphatic rings. The molecule has 0 heterocycles. The number of fused-ring (bicyclic) bond motifs is 2. The Balaban J connectivity index is 1.44. The average molecular weight is 659 g/mol. The van der Waals surface area contributed by atoms with Crippen molar-refractivity contribution in [3.63, 3.8) is 0 Å². The van der Waals surface area contributed by atoms with E-state index < -0.39 is 21.0 Å². The summed E-state index contributed by atoms with van der Waals surface area (Å²) < 4.78 is 2.86. The van der Waals surface area contributed by atoms with E-state index in [0.717, 1.165) is 0 Å². The van der Waals surface area contributed by atoms with Gasteiger partial charge in [0, 0.05) is 0 Å². The monoisotopic (exact) mass is 660 g/mol. The molecule has 2 unspecified atom stereocenters. The van der Waals surface area contributed by atoms with Gasteiger partial charge in [0.1, 0.15) is 0 Å². The standard InChI is InChI=1S/2C17H15.C3H6.Hf/c2*1-12-9-10-13(2)17(11-12)16-8-4-6-14-5-3-7-15(14)16;1-3-2;/h2*3-11H,1-2H3;1-2H3;. The minimum atomic E-state index is -2.39. The number of allylic oxidation sites excluding steroid dienone is 2. The molecule has 0 aliphatic heterocycles. The zero-order chi connectivity index (χ0) is 26.6. The van der Waals surface area contributed by atoms with Crippen LogP contribution in [0.2, 0.25) is 0 Å². The molecule has 0 amide bonds. The molecule has 2 atom stereocenters. The summed E-state index contributed by atoms with van der Waals surface area (Å²) in [5.74, 6) is 0. The van der Waals surface area contributed by atoms with Crippen LogP contribution in [-0.2, 0) is 21.0 Å². The molecule has 4 aromatic rings. The van der Waals surface area contributed by atoms with Gasteiger partial charge in [-0.05, 0) is 0 Å². The summed E-state index contributed by atoms with van der Waals surface area (Å²) in [4.78, 5) is 0. The minimum absolute atomic E-state index is 0.579. The molecular formula is C37H36Hf. The molecule has 0 fully saturated rings. The van der Waals surface area contributed by atoms with Crippen LogP contribution in [0, 0.1) is 27.7 Å². The maximum absolute atomic E-state index is 2.56. The van der Waals surface area contributed by atoms with Gasteiger partial charge >= 0.3 is 237 Å². The normalized spacial score (nSPS) is 17.0. The maximum atomic E-state index is 2.56. The Morgan fingerprint density at radius 3 is 1.42 bits per heavy atom. The Labute approximate surface area is 235 Å². The van der Waals surface area contributed by atoms with Crippen LogP contribution in [0.4, 0.5) is 0 Å². The number of aryl methyl sites for hydroxylation is 4. The van der Waals surface area contributed by atoms with Gasteiger partial charge in [-0.15, -0.1) is 0 Å². The molecule has 1 heteroatoms. The number of benzene rings is 4. The Morgan fingerprint density at radius 1 is 0.553 bits per heavy atom. The van der Waals surface area contributed by atoms with Crippen molar-refractivity contribution in [1.29, 1.82) is 0 Å². The third-order valence-electron chi connectivity index (χ3n) is 8.47. The summed E-state index contributed by atoms with van der Waals surface area (Å²) in [6.07, 6.45) is 10.0. The Morgan fingerprint density at radius 2 is 1.00 bits per heavy atom. The zero-order valence-electron chi connectivity index (χ0n) is 23.4. The SMILES string of the molecule is C[C](C)=[Hf]([CH]1C=Cc2c(-c3cc(C)ccc3C)cccc21)[CH]1C=Cc2c(-c3cc(C)ccc3C)cccc21. The topological polar surface area (TPSA) is 0 Å². The number of rotatable bonds is 4. The van der Waals surface area contributed by atoms with Crippen LogP contribution in [0.3, 0.4) is 0 Å². The van der Waals surface area contributed by atoms with Crippen molar-refractivity contribution in [3.05, 3.63) is 129 Å². The predicted octanol–water partition coefficient (Wildman–Crippen LogP) is 9.92. The second-order valence-corrected chi connectivity index (χ2v) is 22.7. The van der Waals surface area contributed by atoms with Gasteiger partial charge in [0.05, 0.1) is 0 Å². The van der Waals surface area contributed by atoms with E-state index in [1.165, 1.54) is 55.6 Å². The van der Waals surface area contributed by atoms with E-state index in [0.29, 0.717) is 7.35 Å². The van der Waals surface area contributed by atoms with Crippen LogP contribution in [0.1, 0.15) is 65.7 Å². The van der Waals surface area contributed by atoms with Crippen LogP contribution < -0.4 is 0 Å². The summed E-state index contributed by atoms with van der Waals surface area (Å²) in [7, 11) is 0. The third-order valence-corrected chi connectivity index (χ3v) is 21.1. The fourth-order valence-electron chi connectivity index (χ4n) is 6.55. The van der Waals surface area contributed by atoms with Crippen molar-refractivity contribution >= 4 is 15.4 Å². The molecule has 38 heavy (non-hydrogen) atoms. The first kappa shape index (κ1) is 25.4. The molecule has 0 saturated carbocycles. The van der Waals surface area contributed by atoms with Crippen molar-refractivity contribution in [2.24, 2.45) is 0 Å². The number of hydrogen-bond acceptors (Lipinski definition) is 0. The summed E-state index contributed by atoms with van der Waals surface area (Å²) in [5, 5.41) is 0. The second kappa shape index (κ2) is 10.0. The fourth-order valence-corrected chi connectivity index (χ4v) is 18.8. The van der Waals surface area contributed by atoms with Crippen molar-refractivity contribution in [1.82, 2.24) is 0 Å².